The Morgan fingerprint density at radius 3 is 2.55 bits per heavy atom. The number of nitrogens with one attached hydrogen (secondary N) is 1. The van der Waals surface area contributed by atoms with Gasteiger partial charge in [0.25, 0.3) is 0 Å². The number of hydrogen-bond acceptors (Lipinski definition) is 2. The van der Waals surface area contributed by atoms with Gasteiger partial charge in [0.2, 0.25) is 0 Å². The fourth-order valence-electron chi connectivity index (χ4n) is 2.16. The molecule has 106 valence electrons. The Balaban J connectivity index is 2.28. The lowest BCUT2D eigenvalue weighted by Crippen LogP contribution is -2.08. The molecule has 0 aliphatic rings. The van der Waals surface area contributed by atoms with Gasteiger partial charge in [-0.05, 0) is 50.1 Å². The van der Waals surface area contributed by atoms with E-state index in [4.69, 9.17) is 0 Å². The van der Waals surface area contributed by atoms with Gasteiger partial charge in [-0.25, -0.2) is 4.39 Å². The summed E-state index contributed by atoms with van der Waals surface area (Å²) < 4.78 is 13.8. The predicted molar refractivity (Wildman–Crippen MR) is 83.7 cm³/mol. The lowest BCUT2D eigenvalue weighted by atomic mass is 10.1. The standard InChI is InChI=1S/C16H17BrFNO/c1-9-4-7-15(10(2)16(9)20)19-11(3)13-6-5-12(18)8-14(13)17/h4-8,11,19-20H,1-3H3. The van der Waals surface area contributed by atoms with Crippen molar-refractivity contribution < 1.29 is 9.50 Å². The first-order valence-electron chi connectivity index (χ1n) is 6.40. The monoisotopic (exact) mass is 337 g/mol. The van der Waals surface area contributed by atoms with Crippen molar-refractivity contribution in [3.05, 3.63) is 57.3 Å². The molecule has 0 aliphatic carbocycles. The molecule has 0 heterocycles. The van der Waals surface area contributed by atoms with Gasteiger partial charge in [-0.15, -0.1) is 0 Å². The number of phenolic OH excluding ortho intramolecular Hbond substituents is 1. The van der Waals surface area contributed by atoms with Crippen LogP contribution in [0.2, 0.25) is 0 Å². The molecule has 0 aromatic heterocycles. The Labute approximate surface area is 126 Å². The summed E-state index contributed by atoms with van der Waals surface area (Å²) in [5.74, 6) is 0.0392. The van der Waals surface area contributed by atoms with Crippen LogP contribution in [0.15, 0.2) is 34.8 Å². The van der Waals surface area contributed by atoms with Crippen molar-refractivity contribution in [2.75, 3.05) is 5.32 Å². The van der Waals surface area contributed by atoms with E-state index < -0.39 is 0 Å². The van der Waals surface area contributed by atoms with E-state index >= 15 is 0 Å². The van der Waals surface area contributed by atoms with Gasteiger partial charge in [-0.1, -0.05) is 28.1 Å². The molecule has 0 fully saturated rings. The number of phenols is 1. The Morgan fingerprint density at radius 1 is 1.20 bits per heavy atom. The minimum absolute atomic E-state index is 0.00854. The zero-order chi connectivity index (χ0) is 14.9. The molecule has 2 nitrogen and oxygen atoms in total. The number of aromatic hydroxyl groups is 1. The molecule has 0 bridgehead atoms. The number of halogens is 2. The largest absolute Gasteiger partial charge is 0.507 e. The van der Waals surface area contributed by atoms with E-state index in [1.807, 2.05) is 32.9 Å². The lowest BCUT2D eigenvalue weighted by Gasteiger charge is -2.19. The molecule has 2 N–H and O–H groups in total. The summed E-state index contributed by atoms with van der Waals surface area (Å²) in [5, 5.41) is 13.3. The van der Waals surface area contributed by atoms with Crippen LogP contribution in [0.4, 0.5) is 10.1 Å². The maximum Gasteiger partial charge on any atom is 0.124 e. The third kappa shape index (κ3) is 2.96. The molecule has 0 amide bonds. The zero-order valence-electron chi connectivity index (χ0n) is 11.7. The van der Waals surface area contributed by atoms with Crippen molar-refractivity contribution in [3.63, 3.8) is 0 Å². The highest BCUT2D eigenvalue weighted by Crippen LogP contribution is 2.32. The Morgan fingerprint density at radius 2 is 1.90 bits per heavy atom. The van der Waals surface area contributed by atoms with Crippen molar-refractivity contribution in [3.8, 4) is 5.75 Å². The number of hydrogen-bond donors (Lipinski definition) is 2. The van der Waals surface area contributed by atoms with Crippen molar-refractivity contribution >= 4 is 21.6 Å². The first kappa shape index (κ1) is 14.9. The SMILES string of the molecule is Cc1ccc(NC(C)c2ccc(F)cc2Br)c(C)c1O. The maximum atomic E-state index is 13.1. The topological polar surface area (TPSA) is 32.3 Å². The highest BCUT2D eigenvalue weighted by Gasteiger charge is 2.13. The van der Waals surface area contributed by atoms with E-state index in [9.17, 15) is 9.50 Å². The van der Waals surface area contributed by atoms with Gasteiger partial charge in [-0.2, -0.15) is 0 Å². The molecule has 0 spiro atoms. The second-order valence-electron chi connectivity index (χ2n) is 4.94. The van der Waals surface area contributed by atoms with Gasteiger partial charge in [0, 0.05) is 21.8 Å². The van der Waals surface area contributed by atoms with Gasteiger partial charge < -0.3 is 10.4 Å². The molecule has 1 unspecified atom stereocenters. The van der Waals surface area contributed by atoms with Gasteiger partial charge in [0.1, 0.15) is 11.6 Å². The van der Waals surface area contributed by atoms with E-state index in [1.165, 1.54) is 12.1 Å². The van der Waals surface area contributed by atoms with E-state index in [0.29, 0.717) is 5.75 Å². The summed E-state index contributed by atoms with van der Waals surface area (Å²) in [4.78, 5) is 0. The smallest absolute Gasteiger partial charge is 0.124 e. The molecule has 4 heteroatoms. The van der Waals surface area contributed by atoms with Crippen LogP contribution in [0, 0.1) is 19.7 Å². The summed E-state index contributed by atoms with van der Waals surface area (Å²) in [6.07, 6.45) is 0. The van der Waals surface area contributed by atoms with E-state index in [1.54, 1.807) is 6.07 Å². The molecule has 2 aromatic rings. The van der Waals surface area contributed by atoms with Crippen LogP contribution in [0.5, 0.6) is 5.75 Å². The van der Waals surface area contributed by atoms with Crippen LogP contribution in [-0.2, 0) is 0 Å². The van der Waals surface area contributed by atoms with Gasteiger partial charge in [0.15, 0.2) is 0 Å². The Bertz CT molecular complexity index is 643. The van der Waals surface area contributed by atoms with Crippen molar-refractivity contribution in [2.45, 2.75) is 26.8 Å². The van der Waals surface area contributed by atoms with Gasteiger partial charge in [0.05, 0.1) is 0 Å². The number of anilines is 1. The van der Waals surface area contributed by atoms with Crippen molar-refractivity contribution in [1.29, 1.82) is 0 Å². The first-order chi connectivity index (χ1) is 9.40. The Hall–Kier alpha value is -1.55. The summed E-state index contributed by atoms with van der Waals surface area (Å²) in [7, 11) is 0. The van der Waals surface area contributed by atoms with Crippen LogP contribution in [0.1, 0.15) is 29.7 Å². The maximum absolute atomic E-state index is 13.1. The van der Waals surface area contributed by atoms with E-state index in [0.717, 1.165) is 26.9 Å². The number of benzene rings is 2. The highest BCUT2D eigenvalue weighted by molar-refractivity contribution is 9.10. The van der Waals surface area contributed by atoms with Crippen molar-refractivity contribution in [1.82, 2.24) is 0 Å². The summed E-state index contributed by atoms with van der Waals surface area (Å²) in [6, 6.07) is 8.45. The first-order valence-corrected chi connectivity index (χ1v) is 7.20. The third-order valence-corrected chi connectivity index (χ3v) is 4.12. The Kier molecular flexibility index (Phi) is 4.33. The van der Waals surface area contributed by atoms with Gasteiger partial charge in [-0.3, -0.25) is 0 Å². The molecule has 0 aliphatic heterocycles. The fourth-order valence-corrected chi connectivity index (χ4v) is 2.85. The second kappa shape index (κ2) is 5.83. The van der Waals surface area contributed by atoms with Crippen LogP contribution >= 0.6 is 15.9 Å². The summed E-state index contributed by atoms with van der Waals surface area (Å²) in [5.41, 5.74) is 3.50. The number of rotatable bonds is 3. The summed E-state index contributed by atoms with van der Waals surface area (Å²) in [6.45, 7) is 5.73. The number of aryl methyl sites for hydroxylation is 1. The van der Waals surface area contributed by atoms with Gasteiger partial charge >= 0.3 is 0 Å². The average Bonchev–Trinajstić information content (AvgIpc) is 2.39. The second-order valence-corrected chi connectivity index (χ2v) is 5.79. The van der Waals surface area contributed by atoms with Crippen molar-refractivity contribution in [2.24, 2.45) is 0 Å². The molecule has 20 heavy (non-hydrogen) atoms. The van der Waals surface area contributed by atoms with Crippen LogP contribution in [0.25, 0.3) is 0 Å². The van der Waals surface area contributed by atoms with Crippen LogP contribution in [0.3, 0.4) is 0 Å². The fraction of sp³-hybridized carbons (Fsp3) is 0.250. The molecular weight excluding hydrogens is 321 g/mol. The highest BCUT2D eigenvalue weighted by atomic mass is 79.9. The quantitative estimate of drug-likeness (QED) is 0.818. The van der Waals surface area contributed by atoms with E-state index in [2.05, 4.69) is 21.2 Å². The normalized spacial score (nSPS) is 12.2. The average molecular weight is 338 g/mol. The van der Waals surface area contributed by atoms with Crippen LogP contribution < -0.4 is 5.32 Å². The molecule has 0 radical (unpaired) electrons. The molecule has 2 aromatic carbocycles. The molecule has 0 saturated carbocycles. The lowest BCUT2D eigenvalue weighted by molar-refractivity contribution is 0.467. The minimum atomic E-state index is -0.267. The minimum Gasteiger partial charge on any atom is -0.507 e. The molecule has 0 saturated heterocycles. The predicted octanol–water partition coefficient (Wildman–Crippen LogP) is 5.08. The molecular formula is C16H17BrFNO. The van der Waals surface area contributed by atoms with E-state index in [-0.39, 0.29) is 11.9 Å². The summed E-state index contributed by atoms with van der Waals surface area (Å²) >= 11 is 3.38. The molecule has 1 atom stereocenters. The zero-order valence-corrected chi connectivity index (χ0v) is 13.3. The van der Waals surface area contributed by atoms with Crippen LogP contribution in [-0.4, -0.2) is 5.11 Å². The molecule has 2 rings (SSSR count). The third-order valence-electron chi connectivity index (χ3n) is 3.43.